The van der Waals surface area contributed by atoms with Crippen molar-refractivity contribution in [1.82, 2.24) is 0 Å². The third-order valence-electron chi connectivity index (χ3n) is 1.10. The summed E-state index contributed by atoms with van der Waals surface area (Å²) >= 11 is 3.39. The summed E-state index contributed by atoms with van der Waals surface area (Å²) in [4.78, 5) is 0. The predicted molar refractivity (Wildman–Crippen MR) is 49.7 cm³/mol. The van der Waals surface area contributed by atoms with Crippen molar-refractivity contribution in [3.05, 3.63) is 10.6 Å². The zero-order valence-corrected chi connectivity index (χ0v) is 8.69. The fourth-order valence-electron chi connectivity index (χ4n) is 0.582. The van der Waals surface area contributed by atoms with Gasteiger partial charge in [0.05, 0.1) is 6.61 Å². The molecule has 3 heteroatoms. The molecular formula is C8H15BrO2. The van der Waals surface area contributed by atoms with Crippen LogP contribution in [0.4, 0.5) is 0 Å². The largest absolute Gasteiger partial charge is 0.359 e. The summed E-state index contributed by atoms with van der Waals surface area (Å²) in [7, 11) is 1.61. The lowest BCUT2D eigenvalue weighted by molar-refractivity contribution is -0.0193. The van der Waals surface area contributed by atoms with Crippen molar-refractivity contribution in [1.29, 1.82) is 0 Å². The van der Waals surface area contributed by atoms with Crippen LogP contribution in [-0.2, 0) is 9.47 Å². The quantitative estimate of drug-likeness (QED) is 0.509. The van der Waals surface area contributed by atoms with E-state index in [4.69, 9.17) is 9.47 Å². The Labute approximate surface area is 76.7 Å². The summed E-state index contributed by atoms with van der Waals surface area (Å²) < 4.78 is 10.9. The number of unbranched alkanes of at least 4 members (excludes halogenated alkanes) is 1. The molecule has 0 unspecified atom stereocenters. The highest BCUT2D eigenvalue weighted by Crippen LogP contribution is 2.07. The molecule has 0 saturated heterocycles. The van der Waals surface area contributed by atoms with Crippen molar-refractivity contribution in [2.75, 3.05) is 20.5 Å². The van der Waals surface area contributed by atoms with E-state index in [0.717, 1.165) is 10.9 Å². The van der Waals surface area contributed by atoms with Gasteiger partial charge in [-0.1, -0.05) is 35.4 Å². The molecular weight excluding hydrogens is 208 g/mol. The third-order valence-corrected chi connectivity index (χ3v) is 1.65. The molecule has 0 atom stereocenters. The van der Waals surface area contributed by atoms with E-state index >= 15 is 0 Å². The first-order valence-corrected chi connectivity index (χ1v) is 4.51. The normalized spacial score (nSPS) is 12.1. The highest BCUT2D eigenvalue weighted by Gasteiger charge is 1.90. The van der Waals surface area contributed by atoms with Gasteiger partial charge in [0.1, 0.15) is 6.79 Å². The van der Waals surface area contributed by atoms with Crippen molar-refractivity contribution in [2.24, 2.45) is 0 Å². The van der Waals surface area contributed by atoms with Crippen LogP contribution in [0.5, 0.6) is 0 Å². The zero-order chi connectivity index (χ0) is 8.53. The van der Waals surface area contributed by atoms with Gasteiger partial charge in [0.15, 0.2) is 0 Å². The van der Waals surface area contributed by atoms with Crippen LogP contribution in [0.15, 0.2) is 10.6 Å². The second-order valence-corrected chi connectivity index (χ2v) is 3.21. The summed E-state index contributed by atoms with van der Waals surface area (Å²) in [5.74, 6) is 0. The molecule has 11 heavy (non-hydrogen) atoms. The second-order valence-electron chi connectivity index (χ2n) is 2.19. The van der Waals surface area contributed by atoms with Crippen LogP contribution >= 0.6 is 15.9 Å². The van der Waals surface area contributed by atoms with E-state index in [1.807, 2.05) is 0 Å². The fraction of sp³-hybridized carbons (Fsp3) is 0.750. The van der Waals surface area contributed by atoms with Crippen LogP contribution < -0.4 is 0 Å². The van der Waals surface area contributed by atoms with Crippen LogP contribution in [0.1, 0.15) is 19.8 Å². The van der Waals surface area contributed by atoms with Gasteiger partial charge in [0.2, 0.25) is 0 Å². The Morgan fingerprint density at radius 2 is 2.27 bits per heavy atom. The van der Waals surface area contributed by atoms with Crippen molar-refractivity contribution >= 4 is 15.9 Å². The molecule has 0 heterocycles. The first kappa shape index (κ1) is 11.1. The Morgan fingerprint density at radius 3 is 2.82 bits per heavy atom. The minimum Gasteiger partial charge on any atom is -0.359 e. The maximum atomic E-state index is 5.10. The SMILES string of the molecule is CCC/C=C(/Br)COCOC. The highest BCUT2D eigenvalue weighted by molar-refractivity contribution is 9.11. The van der Waals surface area contributed by atoms with E-state index in [0.29, 0.717) is 13.4 Å². The first-order chi connectivity index (χ1) is 5.31. The topological polar surface area (TPSA) is 18.5 Å². The number of ether oxygens (including phenoxy) is 2. The number of hydrogen-bond donors (Lipinski definition) is 0. The molecule has 0 aromatic carbocycles. The smallest absolute Gasteiger partial charge is 0.146 e. The van der Waals surface area contributed by atoms with Gasteiger partial charge in [-0.15, -0.1) is 0 Å². The molecule has 0 aromatic rings. The summed E-state index contributed by atoms with van der Waals surface area (Å²) in [6, 6.07) is 0. The molecule has 0 aromatic heterocycles. The third kappa shape index (κ3) is 8.04. The average Bonchev–Trinajstić information content (AvgIpc) is 2.01. The Kier molecular flexibility index (Phi) is 8.34. The summed E-state index contributed by atoms with van der Waals surface area (Å²) in [6.45, 7) is 3.11. The maximum Gasteiger partial charge on any atom is 0.146 e. The van der Waals surface area contributed by atoms with Gasteiger partial charge in [-0.25, -0.2) is 0 Å². The Bertz CT molecular complexity index is 113. The molecule has 0 aliphatic heterocycles. The molecule has 2 nitrogen and oxygen atoms in total. The average molecular weight is 223 g/mol. The summed E-state index contributed by atoms with van der Waals surface area (Å²) in [5, 5.41) is 0. The first-order valence-electron chi connectivity index (χ1n) is 3.72. The number of allylic oxidation sites excluding steroid dienone is 1. The fourth-order valence-corrected chi connectivity index (χ4v) is 0.973. The predicted octanol–water partition coefficient (Wildman–Crippen LogP) is 2.69. The van der Waals surface area contributed by atoms with Gasteiger partial charge in [-0.3, -0.25) is 0 Å². The van der Waals surface area contributed by atoms with Gasteiger partial charge in [-0.2, -0.15) is 0 Å². The van der Waals surface area contributed by atoms with Crippen LogP contribution in [0, 0.1) is 0 Å². The van der Waals surface area contributed by atoms with Crippen molar-refractivity contribution in [3.63, 3.8) is 0 Å². The Hall–Kier alpha value is 0.140. The molecule has 0 saturated carbocycles. The van der Waals surface area contributed by atoms with Crippen LogP contribution in [0.2, 0.25) is 0 Å². The van der Waals surface area contributed by atoms with Crippen molar-refractivity contribution in [3.8, 4) is 0 Å². The molecule has 0 rings (SSSR count). The summed E-state index contributed by atoms with van der Waals surface area (Å²) in [6.07, 6.45) is 4.38. The lowest BCUT2D eigenvalue weighted by Crippen LogP contribution is -1.97. The Morgan fingerprint density at radius 1 is 1.55 bits per heavy atom. The van der Waals surface area contributed by atoms with E-state index in [9.17, 15) is 0 Å². The standard InChI is InChI=1S/C8H15BrO2/c1-3-4-5-8(9)6-11-7-10-2/h5H,3-4,6-7H2,1-2H3/b8-5+. The minimum absolute atomic E-state index is 0.356. The molecule has 0 amide bonds. The van der Waals surface area contributed by atoms with Crippen molar-refractivity contribution in [2.45, 2.75) is 19.8 Å². The molecule has 66 valence electrons. The van der Waals surface area contributed by atoms with Crippen LogP contribution in [0.3, 0.4) is 0 Å². The van der Waals surface area contributed by atoms with E-state index in [1.54, 1.807) is 7.11 Å². The number of hydrogen-bond acceptors (Lipinski definition) is 2. The van der Waals surface area contributed by atoms with Gasteiger partial charge in [0, 0.05) is 11.6 Å². The number of rotatable bonds is 6. The molecule has 0 aliphatic carbocycles. The molecule has 0 aliphatic rings. The summed E-state index contributed by atoms with van der Waals surface area (Å²) in [5.41, 5.74) is 0. The Balaban J connectivity index is 3.27. The monoisotopic (exact) mass is 222 g/mol. The van der Waals surface area contributed by atoms with E-state index in [1.165, 1.54) is 6.42 Å². The van der Waals surface area contributed by atoms with Crippen LogP contribution in [0.25, 0.3) is 0 Å². The molecule has 0 fully saturated rings. The van der Waals surface area contributed by atoms with Gasteiger partial charge < -0.3 is 9.47 Å². The number of halogens is 1. The van der Waals surface area contributed by atoms with Gasteiger partial charge in [-0.05, 0) is 6.42 Å². The van der Waals surface area contributed by atoms with E-state index < -0.39 is 0 Å². The van der Waals surface area contributed by atoms with E-state index in [2.05, 4.69) is 28.9 Å². The molecule has 0 bridgehead atoms. The second kappa shape index (κ2) is 8.24. The minimum atomic E-state index is 0.356. The molecule has 0 radical (unpaired) electrons. The molecule has 0 N–H and O–H groups in total. The van der Waals surface area contributed by atoms with E-state index in [-0.39, 0.29) is 0 Å². The molecule has 0 spiro atoms. The maximum absolute atomic E-state index is 5.10. The van der Waals surface area contributed by atoms with Crippen LogP contribution in [-0.4, -0.2) is 20.5 Å². The number of methoxy groups -OCH3 is 1. The highest BCUT2D eigenvalue weighted by atomic mass is 79.9. The van der Waals surface area contributed by atoms with Crippen molar-refractivity contribution < 1.29 is 9.47 Å². The lowest BCUT2D eigenvalue weighted by Gasteiger charge is -2.00. The zero-order valence-electron chi connectivity index (χ0n) is 7.10. The lowest BCUT2D eigenvalue weighted by atomic mass is 10.3. The van der Waals surface area contributed by atoms with Gasteiger partial charge in [0.25, 0.3) is 0 Å². The van der Waals surface area contributed by atoms with Gasteiger partial charge >= 0.3 is 0 Å².